The summed E-state index contributed by atoms with van der Waals surface area (Å²) in [6.45, 7) is 3.20. The maximum absolute atomic E-state index is 13.0. The Hall–Kier alpha value is -2.95. The largest absolute Gasteiger partial charge is 0.492 e. The van der Waals surface area contributed by atoms with Crippen LogP contribution in [0.15, 0.2) is 53.3 Å². The van der Waals surface area contributed by atoms with E-state index in [0.29, 0.717) is 24.7 Å². The van der Waals surface area contributed by atoms with Gasteiger partial charge in [-0.2, -0.15) is 0 Å². The minimum absolute atomic E-state index is 0.199. The van der Waals surface area contributed by atoms with Crippen LogP contribution in [0.5, 0.6) is 17.2 Å². The molecule has 0 amide bonds. The van der Waals surface area contributed by atoms with Crippen molar-refractivity contribution in [3.8, 4) is 17.2 Å². The van der Waals surface area contributed by atoms with Crippen LogP contribution in [0.3, 0.4) is 0 Å². The number of ether oxygens (including phenoxy) is 3. The van der Waals surface area contributed by atoms with Crippen LogP contribution in [-0.2, 0) is 13.7 Å². The second kappa shape index (κ2) is 11.4. The van der Waals surface area contributed by atoms with Crippen LogP contribution < -0.4 is 19.8 Å². The number of methoxy groups -OCH3 is 1. The third-order valence-electron chi connectivity index (χ3n) is 5.48. The molecule has 0 aliphatic heterocycles. The first-order chi connectivity index (χ1) is 15.2. The summed E-state index contributed by atoms with van der Waals surface area (Å²) in [5.41, 5.74) is 1.64. The minimum Gasteiger partial charge on any atom is -0.492 e. The average Bonchev–Trinajstić information content (AvgIpc) is 2.81. The molecule has 5 heteroatoms. The topological polar surface area (TPSA) is 49.7 Å². The van der Waals surface area contributed by atoms with Gasteiger partial charge in [0.25, 0.3) is 5.56 Å². The Morgan fingerprint density at radius 2 is 1.61 bits per heavy atom. The van der Waals surface area contributed by atoms with Crippen molar-refractivity contribution >= 4 is 10.9 Å². The predicted octanol–water partition coefficient (Wildman–Crippen LogP) is 5.87. The van der Waals surface area contributed by atoms with E-state index >= 15 is 0 Å². The van der Waals surface area contributed by atoms with Gasteiger partial charge in [0, 0.05) is 18.5 Å². The molecule has 0 N–H and O–H groups in total. The number of fused-ring (bicyclic) bond motifs is 1. The van der Waals surface area contributed by atoms with E-state index in [0.717, 1.165) is 29.3 Å². The molecule has 0 bridgehead atoms. The van der Waals surface area contributed by atoms with Gasteiger partial charge in [-0.05, 0) is 24.1 Å². The molecule has 0 radical (unpaired) electrons. The summed E-state index contributed by atoms with van der Waals surface area (Å²) in [7, 11) is 3.33. The molecule has 2 aromatic carbocycles. The smallest absolute Gasteiger partial charge is 0.297 e. The molecule has 0 atom stereocenters. The van der Waals surface area contributed by atoms with Crippen molar-refractivity contribution in [3.05, 3.63) is 64.4 Å². The summed E-state index contributed by atoms with van der Waals surface area (Å²) in [6, 6.07) is 15.7. The van der Waals surface area contributed by atoms with Gasteiger partial charge >= 0.3 is 0 Å². The molecule has 3 aromatic rings. The summed E-state index contributed by atoms with van der Waals surface area (Å²) >= 11 is 0. The highest BCUT2D eigenvalue weighted by atomic mass is 16.5. The molecule has 0 aliphatic rings. The second-order valence-corrected chi connectivity index (χ2v) is 7.80. The lowest BCUT2D eigenvalue weighted by molar-refractivity contribution is 0.280. The number of aromatic nitrogens is 1. The summed E-state index contributed by atoms with van der Waals surface area (Å²) < 4.78 is 19.0. The number of pyridine rings is 1. The Kier molecular flexibility index (Phi) is 8.39. The van der Waals surface area contributed by atoms with Crippen molar-refractivity contribution in [1.82, 2.24) is 4.57 Å². The van der Waals surface area contributed by atoms with Gasteiger partial charge in [0.1, 0.15) is 12.4 Å². The second-order valence-electron chi connectivity index (χ2n) is 7.80. The molecule has 0 saturated heterocycles. The van der Waals surface area contributed by atoms with Crippen LogP contribution in [0.2, 0.25) is 0 Å². The molecule has 0 spiro atoms. The molecule has 0 fully saturated rings. The zero-order valence-corrected chi connectivity index (χ0v) is 18.9. The molecule has 5 nitrogen and oxygen atoms in total. The van der Waals surface area contributed by atoms with Crippen molar-refractivity contribution in [1.29, 1.82) is 0 Å². The van der Waals surface area contributed by atoms with Crippen LogP contribution in [0.25, 0.3) is 10.9 Å². The Bertz CT molecular complexity index is 1030. The van der Waals surface area contributed by atoms with E-state index in [2.05, 4.69) is 6.92 Å². The molecule has 3 rings (SSSR count). The first-order valence-electron chi connectivity index (χ1n) is 11.2. The number of aryl methyl sites for hydroxylation is 1. The highest BCUT2D eigenvalue weighted by Gasteiger charge is 2.18. The maximum atomic E-state index is 13.0. The van der Waals surface area contributed by atoms with Crippen molar-refractivity contribution in [2.45, 2.75) is 52.1 Å². The zero-order chi connectivity index (χ0) is 22.1. The number of hydrogen-bond acceptors (Lipinski definition) is 4. The van der Waals surface area contributed by atoms with E-state index in [-0.39, 0.29) is 11.3 Å². The van der Waals surface area contributed by atoms with Crippen molar-refractivity contribution in [3.63, 3.8) is 0 Å². The number of nitrogens with zero attached hydrogens (tertiary/aromatic N) is 1. The first-order valence-corrected chi connectivity index (χ1v) is 11.2. The Balaban J connectivity index is 1.75. The Morgan fingerprint density at radius 1 is 0.871 bits per heavy atom. The highest BCUT2D eigenvalue weighted by molar-refractivity contribution is 5.89. The molecule has 31 heavy (non-hydrogen) atoms. The van der Waals surface area contributed by atoms with Crippen LogP contribution in [0, 0.1) is 0 Å². The van der Waals surface area contributed by atoms with Gasteiger partial charge in [0.05, 0.1) is 19.2 Å². The lowest BCUT2D eigenvalue weighted by Gasteiger charge is -2.16. The lowest BCUT2D eigenvalue weighted by atomic mass is 10.1. The zero-order valence-electron chi connectivity index (χ0n) is 18.9. The summed E-state index contributed by atoms with van der Waals surface area (Å²) in [5.74, 6) is 1.47. The fourth-order valence-corrected chi connectivity index (χ4v) is 3.68. The lowest BCUT2D eigenvalue weighted by Crippen LogP contribution is -2.21. The van der Waals surface area contributed by atoms with Crippen molar-refractivity contribution in [2.24, 2.45) is 7.05 Å². The van der Waals surface area contributed by atoms with Crippen LogP contribution in [0.1, 0.15) is 51.0 Å². The SMILES string of the molecule is CCCCCCCCOc1c(OC)c2ccc(OCc3ccccc3)cc2n(C)c1=O. The maximum Gasteiger partial charge on any atom is 0.297 e. The van der Waals surface area contributed by atoms with Gasteiger partial charge in [0.2, 0.25) is 5.75 Å². The van der Waals surface area contributed by atoms with E-state index in [1.54, 1.807) is 18.7 Å². The molecule has 0 aliphatic carbocycles. The molecule has 0 unspecified atom stereocenters. The van der Waals surface area contributed by atoms with E-state index in [4.69, 9.17) is 14.2 Å². The Labute approximate surface area is 184 Å². The molecule has 1 heterocycles. The summed E-state index contributed by atoms with van der Waals surface area (Å²) in [6.07, 6.45) is 7.01. The summed E-state index contributed by atoms with van der Waals surface area (Å²) in [4.78, 5) is 13.0. The molecule has 1 aromatic heterocycles. The van der Waals surface area contributed by atoms with Crippen molar-refractivity contribution < 1.29 is 14.2 Å². The highest BCUT2D eigenvalue weighted by Crippen LogP contribution is 2.34. The van der Waals surface area contributed by atoms with E-state index in [9.17, 15) is 4.79 Å². The van der Waals surface area contributed by atoms with E-state index in [1.165, 1.54) is 25.7 Å². The van der Waals surface area contributed by atoms with Gasteiger partial charge in [-0.25, -0.2) is 0 Å². The average molecular weight is 424 g/mol. The van der Waals surface area contributed by atoms with Crippen LogP contribution >= 0.6 is 0 Å². The van der Waals surface area contributed by atoms with Crippen LogP contribution in [-0.4, -0.2) is 18.3 Å². The number of unbranched alkanes of at least 4 members (excludes halogenated alkanes) is 5. The third-order valence-corrected chi connectivity index (χ3v) is 5.48. The number of rotatable bonds is 12. The van der Waals surface area contributed by atoms with E-state index in [1.807, 2.05) is 48.5 Å². The fraction of sp³-hybridized carbons (Fsp3) is 0.423. The predicted molar refractivity (Wildman–Crippen MR) is 125 cm³/mol. The van der Waals surface area contributed by atoms with Crippen LogP contribution in [0.4, 0.5) is 0 Å². The minimum atomic E-state index is -0.199. The van der Waals surface area contributed by atoms with Gasteiger partial charge < -0.3 is 18.8 Å². The first kappa shape index (κ1) is 22.7. The van der Waals surface area contributed by atoms with Gasteiger partial charge in [-0.1, -0.05) is 69.4 Å². The monoisotopic (exact) mass is 423 g/mol. The standard InChI is InChI=1S/C26H33NO4/c1-4-5-6-7-8-12-17-30-25-24(29-3)22-16-15-21(18-23(22)27(2)26(25)28)31-19-20-13-10-9-11-14-20/h9-11,13-16,18H,4-8,12,17,19H2,1-3H3. The molecule has 0 saturated carbocycles. The van der Waals surface area contributed by atoms with Gasteiger partial charge in [0.15, 0.2) is 5.75 Å². The molecular formula is C26H33NO4. The number of benzene rings is 2. The molecular weight excluding hydrogens is 390 g/mol. The Morgan fingerprint density at radius 3 is 2.35 bits per heavy atom. The third kappa shape index (κ3) is 5.81. The number of hydrogen-bond donors (Lipinski definition) is 0. The summed E-state index contributed by atoms with van der Waals surface area (Å²) in [5, 5.41) is 0.828. The van der Waals surface area contributed by atoms with Gasteiger partial charge in [-0.3, -0.25) is 4.79 Å². The van der Waals surface area contributed by atoms with Crippen molar-refractivity contribution in [2.75, 3.05) is 13.7 Å². The normalized spacial score (nSPS) is 10.9. The molecule has 166 valence electrons. The quantitative estimate of drug-likeness (QED) is 0.342. The fourth-order valence-electron chi connectivity index (χ4n) is 3.68. The van der Waals surface area contributed by atoms with E-state index < -0.39 is 0 Å². The van der Waals surface area contributed by atoms with Gasteiger partial charge in [-0.15, -0.1) is 0 Å².